The predicted molar refractivity (Wildman–Crippen MR) is 77.8 cm³/mol. The highest BCUT2D eigenvalue weighted by Crippen LogP contribution is 2.13. The van der Waals surface area contributed by atoms with Gasteiger partial charge in [0.15, 0.2) is 0 Å². The summed E-state index contributed by atoms with van der Waals surface area (Å²) in [4.78, 5) is 13.9. The predicted octanol–water partition coefficient (Wildman–Crippen LogP) is 0.588. The van der Waals surface area contributed by atoms with E-state index in [1.165, 1.54) is 0 Å². The molecule has 1 fully saturated rings. The molecule has 1 saturated heterocycles. The Hall–Kier alpha value is -0.660. The van der Waals surface area contributed by atoms with Gasteiger partial charge in [0.2, 0.25) is 10.0 Å². The van der Waals surface area contributed by atoms with Crippen LogP contribution in [0.3, 0.4) is 0 Å². The number of rotatable bonds is 6. The zero-order chi connectivity index (χ0) is 15.3. The van der Waals surface area contributed by atoms with Crippen LogP contribution in [-0.2, 0) is 19.6 Å². The first kappa shape index (κ1) is 17.4. The van der Waals surface area contributed by atoms with Crippen LogP contribution in [-0.4, -0.2) is 57.3 Å². The average molecular weight is 306 g/mol. The van der Waals surface area contributed by atoms with E-state index in [0.29, 0.717) is 25.6 Å². The van der Waals surface area contributed by atoms with Crippen molar-refractivity contribution in [3.63, 3.8) is 0 Å². The molecule has 0 saturated carbocycles. The van der Waals surface area contributed by atoms with Gasteiger partial charge in [-0.15, -0.1) is 0 Å². The van der Waals surface area contributed by atoms with Crippen molar-refractivity contribution in [1.82, 2.24) is 9.62 Å². The van der Waals surface area contributed by atoms with Crippen molar-refractivity contribution in [2.24, 2.45) is 5.92 Å². The lowest BCUT2D eigenvalue weighted by atomic mass is 10.1. The van der Waals surface area contributed by atoms with Crippen LogP contribution >= 0.6 is 0 Å². The molecule has 0 aromatic heterocycles. The zero-order valence-electron chi connectivity index (χ0n) is 12.8. The summed E-state index contributed by atoms with van der Waals surface area (Å²) in [6, 6.07) is -0.194. The summed E-state index contributed by atoms with van der Waals surface area (Å²) in [5, 5.41) is 0. The second kappa shape index (κ2) is 7.38. The topological polar surface area (TPSA) is 75.7 Å². The third kappa shape index (κ3) is 6.19. The molecule has 118 valence electrons. The number of hydrogen-bond acceptors (Lipinski definition) is 4. The van der Waals surface area contributed by atoms with E-state index in [0.717, 1.165) is 19.1 Å². The van der Waals surface area contributed by atoms with Gasteiger partial charge in [-0.25, -0.2) is 13.1 Å². The fraction of sp³-hybridized carbons (Fsp3) is 0.923. The normalized spacial score (nSPS) is 22.1. The van der Waals surface area contributed by atoms with Gasteiger partial charge in [-0.05, 0) is 25.7 Å². The van der Waals surface area contributed by atoms with Gasteiger partial charge in [0, 0.05) is 25.7 Å². The first-order valence-corrected chi connectivity index (χ1v) is 8.96. The van der Waals surface area contributed by atoms with Crippen LogP contribution in [0.1, 0.15) is 33.6 Å². The minimum atomic E-state index is -3.23. The van der Waals surface area contributed by atoms with Crippen LogP contribution in [0.4, 0.5) is 0 Å². The van der Waals surface area contributed by atoms with E-state index >= 15 is 0 Å². The van der Waals surface area contributed by atoms with Crippen LogP contribution < -0.4 is 4.72 Å². The SMILES string of the molecule is CC(C)COC(C)C(=O)N1CCCC(NS(C)(=O)=O)C1. The number of hydrogen-bond donors (Lipinski definition) is 1. The molecule has 0 spiro atoms. The van der Waals surface area contributed by atoms with E-state index in [2.05, 4.69) is 4.72 Å². The van der Waals surface area contributed by atoms with Crippen molar-refractivity contribution in [3.05, 3.63) is 0 Å². The molecule has 7 heteroatoms. The number of nitrogens with zero attached hydrogens (tertiary/aromatic N) is 1. The smallest absolute Gasteiger partial charge is 0.251 e. The molecule has 2 atom stereocenters. The van der Waals surface area contributed by atoms with Gasteiger partial charge in [0.1, 0.15) is 6.10 Å². The highest BCUT2D eigenvalue weighted by molar-refractivity contribution is 7.88. The van der Waals surface area contributed by atoms with Crippen LogP contribution in [0.5, 0.6) is 0 Å². The maximum absolute atomic E-state index is 12.2. The summed E-state index contributed by atoms with van der Waals surface area (Å²) in [7, 11) is -3.23. The Kier molecular flexibility index (Phi) is 6.42. The molecule has 6 nitrogen and oxygen atoms in total. The Bertz CT molecular complexity index is 422. The molecule has 1 aliphatic heterocycles. The fourth-order valence-electron chi connectivity index (χ4n) is 2.24. The van der Waals surface area contributed by atoms with Crippen molar-refractivity contribution < 1.29 is 17.9 Å². The number of nitrogens with one attached hydrogen (secondary N) is 1. The monoisotopic (exact) mass is 306 g/mol. The molecule has 0 aromatic rings. The summed E-state index contributed by atoms with van der Waals surface area (Å²) >= 11 is 0. The molecule has 1 N–H and O–H groups in total. The van der Waals surface area contributed by atoms with Crippen LogP contribution in [0, 0.1) is 5.92 Å². The fourth-order valence-corrected chi connectivity index (χ4v) is 3.04. The lowest BCUT2D eigenvalue weighted by Crippen LogP contribution is -2.51. The van der Waals surface area contributed by atoms with E-state index in [-0.39, 0.29) is 11.9 Å². The number of sulfonamides is 1. The molecule has 1 heterocycles. The first-order valence-electron chi connectivity index (χ1n) is 7.06. The quantitative estimate of drug-likeness (QED) is 0.779. The Balaban J connectivity index is 2.51. The Morgan fingerprint density at radius 1 is 1.40 bits per heavy atom. The van der Waals surface area contributed by atoms with Crippen LogP contribution in [0.25, 0.3) is 0 Å². The van der Waals surface area contributed by atoms with Crippen LogP contribution in [0.15, 0.2) is 0 Å². The van der Waals surface area contributed by atoms with Crippen LogP contribution in [0.2, 0.25) is 0 Å². The van der Waals surface area contributed by atoms with Gasteiger partial charge in [0.05, 0.1) is 6.26 Å². The van der Waals surface area contributed by atoms with E-state index in [9.17, 15) is 13.2 Å². The molecular formula is C13H26N2O4S. The minimum absolute atomic E-state index is 0.0642. The van der Waals surface area contributed by atoms with Crippen molar-refractivity contribution in [2.75, 3.05) is 26.0 Å². The minimum Gasteiger partial charge on any atom is -0.368 e. The van der Waals surface area contributed by atoms with E-state index in [1.807, 2.05) is 13.8 Å². The average Bonchev–Trinajstić information content (AvgIpc) is 2.33. The van der Waals surface area contributed by atoms with Gasteiger partial charge in [-0.2, -0.15) is 0 Å². The molecule has 20 heavy (non-hydrogen) atoms. The standard InChI is InChI=1S/C13H26N2O4S/c1-10(2)9-19-11(3)13(16)15-7-5-6-12(8-15)14-20(4,17)18/h10-12,14H,5-9H2,1-4H3. The summed E-state index contributed by atoms with van der Waals surface area (Å²) in [6.07, 6.45) is 2.23. The number of carbonyl (C=O) groups is 1. The lowest BCUT2D eigenvalue weighted by Gasteiger charge is -2.34. The number of carbonyl (C=O) groups excluding carboxylic acids is 1. The highest BCUT2D eigenvalue weighted by atomic mass is 32.2. The largest absolute Gasteiger partial charge is 0.368 e. The highest BCUT2D eigenvalue weighted by Gasteiger charge is 2.28. The molecule has 1 amide bonds. The molecule has 2 unspecified atom stereocenters. The van der Waals surface area contributed by atoms with Crippen molar-refractivity contribution in [1.29, 1.82) is 0 Å². The van der Waals surface area contributed by atoms with Crippen molar-refractivity contribution >= 4 is 15.9 Å². The van der Waals surface area contributed by atoms with Gasteiger partial charge in [-0.1, -0.05) is 13.8 Å². The van der Waals surface area contributed by atoms with E-state index < -0.39 is 16.1 Å². The lowest BCUT2D eigenvalue weighted by molar-refractivity contribution is -0.144. The molecule has 0 aliphatic carbocycles. The first-order chi connectivity index (χ1) is 9.19. The van der Waals surface area contributed by atoms with Gasteiger partial charge < -0.3 is 9.64 Å². The molecule has 1 aliphatic rings. The van der Waals surface area contributed by atoms with Gasteiger partial charge in [-0.3, -0.25) is 4.79 Å². The Morgan fingerprint density at radius 3 is 2.60 bits per heavy atom. The van der Waals surface area contributed by atoms with Gasteiger partial charge in [0.25, 0.3) is 5.91 Å². The molecule has 0 aromatic carbocycles. The Morgan fingerprint density at radius 2 is 2.05 bits per heavy atom. The maximum Gasteiger partial charge on any atom is 0.251 e. The van der Waals surface area contributed by atoms with E-state index in [4.69, 9.17) is 4.74 Å². The second-order valence-electron chi connectivity index (χ2n) is 5.88. The third-order valence-corrected chi connectivity index (χ3v) is 3.90. The zero-order valence-corrected chi connectivity index (χ0v) is 13.6. The maximum atomic E-state index is 12.2. The van der Waals surface area contributed by atoms with Gasteiger partial charge >= 0.3 is 0 Å². The van der Waals surface area contributed by atoms with E-state index in [1.54, 1.807) is 11.8 Å². The summed E-state index contributed by atoms with van der Waals surface area (Å²) in [6.45, 7) is 7.44. The van der Waals surface area contributed by atoms with Crippen molar-refractivity contribution in [2.45, 2.75) is 45.8 Å². The molecule has 1 rings (SSSR count). The molecule has 0 bridgehead atoms. The summed E-state index contributed by atoms with van der Waals surface area (Å²) in [5.41, 5.74) is 0. The summed E-state index contributed by atoms with van der Waals surface area (Å²) < 4.78 is 30.6. The molecular weight excluding hydrogens is 280 g/mol. The number of amides is 1. The molecule has 0 radical (unpaired) electrons. The second-order valence-corrected chi connectivity index (χ2v) is 7.66. The van der Waals surface area contributed by atoms with Crippen molar-refractivity contribution in [3.8, 4) is 0 Å². The number of piperidine rings is 1. The number of likely N-dealkylation sites (tertiary alicyclic amines) is 1. The number of ether oxygens (including phenoxy) is 1. The third-order valence-electron chi connectivity index (χ3n) is 3.14. The summed E-state index contributed by atoms with van der Waals surface area (Å²) in [5.74, 6) is 0.317. The Labute approximate surface area is 121 Å².